The van der Waals surface area contributed by atoms with Crippen molar-refractivity contribution in [3.05, 3.63) is 59.7 Å². The molecular formula is C22H19F3N2O4. The molecule has 0 fully saturated rings. The predicted octanol–water partition coefficient (Wildman–Crippen LogP) is 3.42. The predicted molar refractivity (Wildman–Crippen MR) is 105 cm³/mol. The van der Waals surface area contributed by atoms with Crippen LogP contribution in [0.15, 0.2) is 43.0 Å². The first-order valence-electron chi connectivity index (χ1n) is 9.36. The number of amides is 1. The Labute approximate surface area is 176 Å². The van der Waals surface area contributed by atoms with Crippen LogP contribution >= 0.6 is 0 Å². The average Bonchev–Trinajstić information content (AvgIpc) is 3.22. The van der Waals surface area contributed by atoms with E-state index < -0.39 is 18.4 Å². The third kappa shape index (κ3) is 5.35. The highest BCUT2D eigenvalue weighted by Gasteiger charge is 2.31. The summed E-state index contributed by atoms with van der Waals surface area (Å²) in [4.78, 5) is 11.7. The Morgan fingerprint density at radius 1 is 1.39 bits per heavy atom. The van der Waals surface area contributed by atoms with Crippen molar-refractivity contribution in [2.75, 3.05) is 6.61 Å². The Morgan fingerprint density at radius 3 is 2.71 bits per heavy atom. The van der Waals surface area contributed by atoms with Crippen molar-refractivity contribution in [3.8, 4) is 28.7 Å². The number of nitrogens with one attached hydrogen (secondary N) is 1. The first-order valence-corrected chi connectivity index (χ1v) is 9.36. The lowest BCUT2D eigenvalue weighted by Crippen LogP contribution is -2.22. The largest absolute Gasteiger partial charge is 0.573 e. The van der Waals surface area contributed by atoms with Gasteiger partial charge in [0, 0.05) is 30.5 Å². The van der Waals surface area contributed by atoms with Crippen LogP contribution in [0.4, 0.5) is 13.2 Å². The average molecular weight is 432 g/mol. The second kappa shape index (κ2) is 9.10. The number of benzene rings is 2. The van der Waals surface area contributed by atoms with Crippen LogP contribution in [0, 0.1) is 11.3 Å². The number of nitrogens with zero attached hydrogens (tertiary/aromatic N) is 1. The van der Waals surface area contributed by atoms with Crippen LogP contribution in [0.2, 0.25) is 0 Å². The minimum atomic E-state index is -4.79. The molecule has 0 unspecified atom stereocenters. The van der Waals surface area contributed by atoms with Crippen LogP contribution < -0.4 is 14.8 Å². The molecule has 3 rings (SSSR count). The van der Waals surface area contributed by atoms with Gasteiger partial charge in [-0.15, -0.1) is 13.2 Å². The molecular weight excluding hydrogens is 413 g/mol. The molecule has 0 saturated heterocycles. The van der Waals surface area contributed by atoms with Gasteiger partial charge in [0.05, 0.1) is 12.7 Å². The highest BCUT2D eigenvalue weighted by molar-refractivity contribution is 5.87. The maximum atomic E-state index is 12.4. The summed E-state index contributed by atoms with van der Waals surface area (Å²) in [6, 6.07) is 8.90. The molecule has 6 nitrogen and oxygen atoms in total. The number of aliphatic hydroxyl groups is 1. The molecule has 162 valence electrons. The van der Waals surface area contributed by atoms with Crippen LogP contribution in [-0.4, -0.2) is 30.1 Å². The van der Waals surface area contributed by atoms with E-state index in [0.717, 1.165) is 11.6 Å². The molecule has 0 bridgehead atoms. The third-order valence-electron chi connectivity index (χ3n) is 4.77. The van der Waals surface area contributed by atoms with Crippen LogP contribution in [0.1, 0.15) is 16.7 Å². The summed E-state index contributed by atoms with van der Waals surface area (Å²) >= 11 is 0. The summed E-state index contributed by atoms with van der Waals surface area (Å²) in [5.41, 5.74) is 3.39. The number of nitriles is 1. The van der Waals surface area contributed by atoms with E-state index in [-0.39, 0.29) is 18.7 Å². The standard InChI is InChI=1S/C22H19F3N2O4/c1-2-20(29)27-12-14-9-19(13-3-5-16(6-4-13)31-22(23,24)25)21-17(7-8-30-21)18(14)10-15(28)11-26/h2-6,9,15,28H,1,7-8,10,12H2,(H,27,29)/t15-/m0/s1. The summed E-state index contributed by atoms with van der Waals surface area (Å²) < 4.78 is 47.0. The summed E-state index contributed by atoms with van der Waals surface area (Å²) in [6.45, 7) is 3.91. The SMILES string of the molecule is C=CC(=O)NCc1cc(-c2ccc(OC(F)(F)F)cc2)c2c(c1C[C@H](O)C#N)CCO2. The normalized spacial score (nSPS) is 13.5. The van der Waals surface area contributed by atoms with Gasteiger partial charge < -0.3 is 19.9 Å². The fourth-order valence-corrected chi connectivity index (χ4v) is 3.46. The number of halogens is 3. The number of hydrogen-bond donors (Lipinski definition) is 2. The lowest BCUT2D eigenvalue weighted by molar-refractivity contribution is -0.274. The first kappa shape index (κ1) is 22.2. The van der Waals surface area contributed by atoms with E-state index in [2.05, 4.69) is 16.6 Å². The molecule has 0 radical (unpaired) electrons. The van der Waals surface area contributed by atoms with Gasteiger partial charge in [0.1, 0.15) is 17.6 Å². The van der Waals surface area contributed by atoms with E-state index in [1.807, 2.05) is 0 Å². The van der Waals surface area contributed by atoms with Gasteiger partial charge in [0.25, 0.3) is 0 Å². The molecule has 2 N–H and O–H groups in total. The Balaban J connectivity index is 2.04. The van der Waals surface area contributed by atoms with E-state index in [9.17, 15) is 23.1 Å². The molecule has 1 heterocycles. The zero-order valence-electron chi connectivity index (χ0n) is 16.3. The van der Waals surface area contributed by atoms with E-state index in [1.54, 1.807) is 12.1 Å². The van der Waals surface area contributed by atoms with Crippen molar-refractivity contribution in [2.24, 2.45) is 0 Å². The number of fused-ring (bicyclic) bond motifs is 1. The summed E-state index contributed by atoms with van der Waals surface area (Å²) in [5, 5.41) is 21.6. The summed E-state index contributed by atoms with van der Waals surface area (Å²) in [7, 11) is 0. The van der Waals surface area contributed by atoms with Crippen LogP contribution in [-0.2, 0) is 24.2 Å². The second-order valence-corrected chi connectivity index (χ2v) is 6.81. The van der Waals surface area contributed by atoms with Crippen LogP contribution in [0.25, 0.3) is 11.1 Å². The fourth-order valence-electron chi connectivity index (χ4n) is 3.46. The second-order valence-electron chi connectivity index (χ2n) is 6.81. The van der Waals surface area contributed by atoms with Crippen LogP contribution in [0.5, 0.6) is 11.5 Å². The number of aliphatic hydroxyl groups excluding tert-OH is 1. The maximum absolute atomic E-state index is 12.4. The highest BCUT2D eigenvalue weighted by atomic mass is 19.4. The molecule has 1 aliphatic rings. The minimum Gasteiger partial charge on any atom is -0.492 e. The molecule has 1 amide bonds. The smallest absolute Gasteiger partial charge is 0.492 e. The molecule has 31 heavy (non-hydrogen) atoms. The van der Waals surface area contributed by atoms with E-state index in [4.69, 9.17) is 10.00 Å². The maximum Gasteiger partial charge on any atom is 0.573 e. The Morgan fingerprint density at radius 2 is 2.10 bits per heavy atom. The molecule has 2 aromatic carbocycles. The summed E-state index contributed by atoms with van der Waals surface area (Å²) in [6.07, 6.45) is -4.30. The molecule has 0 aromatic heterocycles. The molecule has 1 atom stereocenters. The zero-order chi connectivity index (χ0) is 22.6. The van der Waals surface area contributed by atoms with E-state index >= 15 is 0 Å². The van der Waals surface area contributed by atoms with Gasteiger partial charge in [-0.3, -0.25) is 4.79 Å². The molecule has 0 saturated carbocycles. The van der Waals surface area contributed by atoms with Gasteiger partial charge in [-0.1, -0.05) is 18.7 Å². The van der Waals surface area contributed by atoms with Gasteiger partial charge in [0.2, 0.25) is 5.91 Å². The molecule has 2 aromatic rings. The lowest BCUT2D eigenvalue weighted by atomic mass is 9.89. The van der Waals surface area contributed by atoms with Gasteiger partial charge in [-0.25, -0.2) is 0 Å². The molecule has 0 aliphatic carbocycles. The number of carbonyl (C=O) groups is 1. The van der Waals surface area contributed by atoms with Gasteiger partial charge in [0.15, 0.2) is 0 Å². The number of hydrogen-bond acceptors (Lipinski definition) is 5. The van der Waals surface area contributed by atoms with Crippen molar-refractivity contribution >= 4 is 5.91 Å². The van der Waals surface area contributed by atoms with Crippen molar-refractivity contribution in [2.45, 2.75) is 31.9 Å². The number of rotatable bonds is 7. The van der Waals surface area contributed by atoms with Crippen molar-refractivity contribution < 1.29 is 32.5 Å². The molecule has 9 heteroatoms. The molecule has 0 spiro atoms. The highest BCUT2D eigenvalue weighted by Crippen LogP contribution is 2.41. The quantitative estimate of drug-likeness (QED) is 0.517. The van der Waals surface area contributed by atoms with Crippen molar-refractivity contribution in [1.29, 1.82) is 5.26 Å². The monoisotopic (exact) mass is 432 g/mol. The Hall–Kier alpha value is -3.51. The zero-order valence-corrected chi connectivity index (χ0v) is 16.3. The van der Waals surface area contributed by atoms with Crippen molar-refractivity contribution in [1.82, 2.24) is 5.32 Å². The lowest BCUT2D eigenvalue weighted by Gasteiger charge is -2.18. The van der Waals surface area contributed by atoms with Crippen LogP contribution in [0.3, 0.4) is 0 Å². The Kier molecular flexibility index (Phi) is 6.51. The Bertz CT molecular complexity index is 1030. The minimum absolute atomic E-state index is 0.0557. The van der Waals surface area contributed by atoms with Crippen molar-refractivity contribution in [3.63, 3.8) is 0 Å². The number of ether oxygens (including phenoxy) is 2. The van der Waals surface area contributed by atoms with Gasteiger partial charge in [-0.2, -0.15) is 5.26 Å². The molecule has 1 aliphatic heterocycles. The third-order valence-corrected chi connectivity index (χ3v) is 4.77. The topological polar surface area (TPSA) is 91.6 Å². The van der Waals surface area contributed by atoms with Gasteiger partial charge in [-0.05, 0) is 41.0 Å². The van der Waals surface area contributed by atoms with E-state index in [1.165, 1.54) is 24.3 Å². The number of alkyl halides is 3. The van der Waals surface area contributed by atoms with E-state index in [0.29, 0.717) is 41.0 Å². The van der Waals surface area contributed by atoms with Gasteiger partial charge >= 0.3 is 6.36 Å². The first-order chi connectivity index (χ1) is 14.7. The fraction of sp³-hybridized carbons (Fsp3) is 0.273. The number of carbonyl (C=O) groups excluding carboxylic acids is 1. The summed E-state index contributed by atoms with van der Waals surface area (Å²) in [5.74, 6) is -0.191.